The smallest absolute Gasteiger partial charge is 0.0541 e. The molecule has 4 aliphatic rings. The van der Waals surface area contributed by atoms with E-state index >= 15 is 0 Å². The van der Waals surface area contributed by atoms with Crippen LogP contribution in [0.2, 0.25) is 0 Å². The summed E-state index contributed by atoms with van der Waals surface area (Å²) in [5.41, 5.74) is 17.7. The standard InChI is InChI=1S/C57H38N2/c1-3-13-37(14-4-1)40-19-9-20-44(35-40)58(53-34-32-51-56-46(53)22-12-25-50(56)57(51)48-23-10-17-39-18-11-24-49(57)55(39)48)42-28-30-43(31-29-42)59-52-26-8-7-21-45(52)47-36-41(27-33-54(47)59)38-15-5-2-6-16-38/h1-36,48,55H. The van der Waals surface area contributed by atoms with Crippen LogP contribution in [0.25, 0.3) is 60.5 Å². The zero-order valence-electron chi connectivity index (χ0n) is 32.3. The molecule has 2 nitrogen and oxygen atoms in total. The molecule has 3 unspecified atom stereocenters. The number of aromatic nitrogens is 1. The van der Waals surface area contributed by atoms with Crippen LogP contribution in [0, 0.1) is 11.8 Å². The van der Waals surface area contributed by atoms with Crippen molar-refractivity contribution in [2.24, 2.45) is 11.8 Å². The number of rotatable bonds is 6. The van der Waals surface area contributed by atoms with E-state index in [-0.39, 0.29) is 5.41 Å². The van der Waals surface area contributed by atoms with Gasteiger partial charge in [-0.15, -0.1) is 0 Å². The maximum atomic E-state index is 2.47. The first-order chi connectivity index (χ1) is 29.3. The van der Waals surface area contributed by atoms with E-state index in [1.165, 1.54) is 77.2 Å². The maximum Gasteiger partial charge on any atom is 0.0541 e. The highest BCUT2D eigenvalue weighted by molar-refractivity contribution is 6.11. The minimum atomic E-state index is -0.0390. The Kier molecular flexibility index (Phi) is 6.80. The second-order valence-corrected chi connectivity index (χ2v) is 16.4. The monoisotopic (exact) mass is 750 g/mol. The average molecular weight is 751 g/mol. The van der Waals surface area contributed by atoms with E-state index < -0.39 is 0 Å². The normalized spacial score (nSPS) is 19.3. The van der Waals surface area contributed by atoms with Gasteiger partial charge in [0.25, 0.3) is 0 Å². The molecule has 0 aliphatic heterocycles. The summed E-state index contributed by atoms with van der Waals surface area (Å²) in [6, 6.07) is 67.1. The van der Waals surface area contributed by atoms with Crippen molar-refractivity contribution in [3.05, 3.63) is 241 Å². The number of fused-ring (bicyclic) bond motifs is 7. The van der Waals surface area contributed by atoms with E-state index in [0.29, 0.717) is 11.8 Å². The topological polar surface area (TPSA) is 8.17 Å². The van der Waals surface area contributed by atoms with Crippen molar-refractivity contribution in [3.63, 3.8) is 0 Å². The Morgan fingerprint density at radius 3 is 2.00 bits per heavy atom. The summed E-state index contributed by atoms with van der Waals surface area (Å²) in [5, 5.41) is 5.22. The van der Waals surface area contributed by atoms with Crippen LogP contribution in [0.1, 0.15) is 11.1 Å². The predicted octanol–water partition coefficient (Wildman–Crippen LogP) is 14.6. The third-order valence-corrected chi connectivity index (χ3v) is 13.6. The van der Waals surface area contributed by atoms with Crippen LogP contribution in [-0.4, -0.2) is 4.57 Å². The van der Waals surface area contributed by atoms with E-state index in [1.54, 1.807) is 5.57 Å². The fraction of sp³-hybridized carbons (Fsp3) is 0.0526. The molecule has 1 heterocycles. The summed E-state index contributed by atoms with van der Waals surface area (Å²) in [7, 11) is 0. The summed E-state index contributed by atoms with van der Waals surface area (Å²) >= 11 is 0. The van der Waals surface area contributed by atoms with Crippen LogP contribution in [0.3, 0.4) is 0 Å². The molecule has 9 aromatic rings. The lowest BCUT2D eigenvalue weighted by molar-refractivity contribution is 0.233. The van der Waals surface area contributed by atoms with Gasteiger partial charge < -0.3 is 9.47 Å². The molecule has 0 amide bonds. The summed E-state index contributed by atoms with van der Waals surface area (Å²) in [5.74, 6) is 0.948. The van der Waals surface area contributed by atoms with Crippen LogP contribution in [-0.2, 0) is 5.41 Å². The van der Waals surface area contributed by atoms with Gasteiger partial charge in [0.1, 0.15) is 0 Å². The number of hydrogen-bond acceptors (Lipinski definition) is 1. The van der Waals surface area contributed by atoms with Crippen molar-refractivity contribution >= 4 is 49.6 Å². The summed E-state index contributed by atoms with van der Waals surface area (Å²) in [6.45, 7) is 0. The van der Waals surface area contributed by atoms with Gasteiger partial charge in [-0.25, -0.2) is 0 Å². The molecule has 276 valence electrons. The molecule has 0 bridgehead atoms. The summed E-state index contributed by atoms with van der Waals surface area (Å²) in [4.78, 5) is 2.47. The molecular weight excluding hydrogens is 713 g/mol. The second-order valence-electron chi connectivity index (χ2n) is 16.4. The Hall–Kier alpha value is -7.42. The molecule has 0 N–H and O–H groups in total. The highest BCUT2D eigenvalue weighted by Crippen LogP contribution is 2.71. The van der Waals surface area contributed by atoms with Gasteiger partial charge in [-0.1, -0.05) is 158 Å². The van der Waals surface area contributed by atoms with Gasteiger partial charge in [0, 0.05) is 45.1 Å². The Morgan fingerprint density at radius 1 is 0.475 bits per heavy atom. The van der Waals surface area contributed by atoms with Crippen molar-refractivity contribution < 1.29 is 0 Å². The van der Waals surface area contributed by atoms with Crippen molar-refractivity contribution in [2.75, 3.05) is 4.90 Å². The van der Waals surface area contributed by atoms with Gasteiger partial charge in [0.05, 0.1) is 22.1 Å². The van der Waals surface area contributed by atoms with Crippen LogP contribution < -0.4 is 4.90 Å². The van der Waals surface area contributed by atoms with Crippen molar-refractivity contribution in [1.82, 2.24) is 4.57 Å². The van der Waals surface area contributed by atoms with Crippen LogP contribution >= 0.6 is 0 Å². The van der Waals surface area contributed by atoms with Gasteiger partial charge in [-0.05, 0) is 111 Å². The number of nitrogens with zero attached hydrogens (tertiary/aromatic N) is 2. The fourth-order valence-electron chi connectivity index (χ4n) is 11.2. The third-order valence-electron chi connectivity index (χ3n) is 13.6. The average Bonchev–Trinajstić information content (AvgIpc) is 3.63. The minimum Gasteiger partial charge on any atom is -0.310 e. The molecule has 59 heavy (non-hydrogen) atoms. The van der Waals surface area contributed by atoms with Gasteiger partial charge in [0.15, 0.2) is 0 Å². The first-order valence-electron chi connectivity index (χ1n) is 20.8. The Bertz CT molecular complexity index is 3310. The van der Waals surface area contributed by atoms with E-state index in [1.807, 2.05) is 0 Å². The van der Waals surface area contributed by atoms with Crippen molar-refractivity contribution in [1.29, 1.82) is 0 Å². The van der Waals surface area contributed by atoms with Crippen molar-refractivity contribution in [3.8, 4) is 27.9 Å². The van der Waals surface area contributed by atoms with E-state index in [4.69, 9.17) is 0 Å². The molecule has 8 aromatic carbocycles. The third kappa shape index (κ3) is 4.46. The SMILES string of the molecule is C1=CC2=CC=CC3C2C(=C1)C31c2cccc3c(N(c4ccc(-n5c6ccccc6c6cc(-c7ccccc7)ccc65)cc4)c4cccc(-c5ccccc5)c4)ccc1c23. The fourth-order valence-corrected chi connectivity index (χ4v) is 11.2. The highest BCUT2D eigenvalue weighted by Gasteiger charge is 2.64. The first-order valence-corrected chi connectivity index (χ1v) is 20.8. The first kappa shape index (κ1) is 32.6. The van der Waals surface area contributed by atoms with Crippen LogP contribution in [0.15, 0.2) is 230 Å². The van der Waals surface area contributed by atoms with Crippen LogP contribution in [0.4, 0.5) is 17.1 Å². The largest absolute Gasteiger partial charge is 0.310 e. The lowest BCUT2D eigenvalue weighted by Crippen LogP contribution is -2.59. The number of hydrogen-bond donors (Lipinski definition) is 0. The van der Waals surface area contributed by atoms with Gasteiger partial charge in [-0.2, -0.15) is 0 Å². The maximum absolute atomic E-state index is 2.47. The zero-order valence-corrected chi connectivity index (χ0v) is 32.3. The molecule has 2 heteroatoms. The van der Waals surface area contributed by atoms with Gasteiger partial charge in [-0.3, -0.25) is 0 Å². The minimum absolute atomic E-state index is 0.0390. The zero-order chi connectivity index (χ0) is 38.7. The predicted molar refractivity (Wildman–Crippen MR) is 246 cm³/mol. The molecular formula is C57H38N2. The van der Waals surface area contributed by atoms with Crippen molar-refractivity contribution in [2.45, 2.75) is 5.41 Å². The van der Waals surface area contributed by atoms with Gasteiger partial charge in [0.2, 0.25) is 0 Å². The van der Waals surface area contributed by atoms with Gasteiger partial charge >= 0.3 is 0 Å². The quantitative estimate of drug-likeness (QED) is 0.164. The molecule has 1 spiro atoms. The van der Waals surface area contributed by atoms with E-state index in [9.17, 15) is 0 Å². The van der Waals surface area contributed by atoms with E-state index in [0.717, 1.165) is 17.1 Å². The Labute approximate surface area is 343 Å². The molecule has 13 rings (SSSR count). The molecule has 0 radical (unpaired) electrons. The molecule has 4 aliphatic carbocycles. The lowest BCUT2D eigenvalue weighted by Gasteiger charge is -2.64. The lowest BCUT2D eigenvalue weighted by atomic mass is 9.38. The van der Waals surface area contributed by atoms with E-state index in [2.05, 4.69) is 228 Å². The Morgan fingerprint density at radius 2 is 1.17 bits per heavy atom. The molecule has 1 aromatic heterocycles. The molecule has 1 fully saturated rings. The molecule has 1 saturated carbocycles. The number of benzene rings is 8. The Balaban J connectivity index is 0.966. The number of anilines is 3. The van der Waals surface area contributed by atoms with Crippen LogP contribution in [0.5, 0.6) is 0 Å². The number of para-hydroxylation sites is 1. The molecule has 0 saturated heterocycles. The molecule has 3 atom stereocenters. The summed E-state index contributed by atoms with van der Waals surface area (Å²) in [6.07, 6.45) is 14.0. The number of allylic oxidation sites excluding steroid dienone is 8. The summed E-state index contributed by atoms with van der Waals surface area (Å²) < 4.78 is 2.42. The highest BCUT2D eigenvalue weighted by atomic mass is 15.1. The second kappa shape index (κ2) is 12.3.